The lowest BCUT2D eigenvalue weighted by atomic mass is 10.1. The molecule has 9 heteroatoms. The molecule has 1 aliphatic carbocycles. The van der Waals surface area contributed by atoms with Crippen LogP contribution in [0, 0.1) is 5.92 Å². The average Bonchev–Trinajstić information content (AvgIpc) is 3.47. The van der Waals surface area contributed by atoms with Crippen molar-refractivity contribution in [3.8, 4) is 0 Å². The molecule has 0 radical (unpaired) electrons. The highest BCUT2D eigenvalue weighted by molar-refractivity contribution is 8.15. The first-order valence-electron chi connectivity index (χ1n) is 11.4. The summed E-state index contributed by atoms with van der Waals surface area (Å²) in [5.41, 5.74) is 1.96. The highest BCUT2D eigenvalue weighted by Crippen LogP contribution is 2.46. The Labute approximate surface area is 206 Å². The number of nitrogens with one attached hydrogen (secondary N) is 2. The van der Waals surface area contributed by atoms with Crippen LogP contribution in [0.2, 0.25) is 0 Å². The summed E-state index contributed by atoms with van der Waals surface area (Å²) in [6, 6.07) is 19.4. The van der Waals surface area contributed by atoms with E-state index in [0.29, 0.717) is 35.0 Å². The lowest BCUT2D eigenvalue weighted by Crippen LogP contribution is -2.38. The van der Waals surface area contributed by atoms with Crippen LogP contribution in [0.3, 0.4) is 0 Å². The summed E-state index contributed by atoms with van der Waals surface area (Å²) in [6.07, 6.45) is 3.80. The molecular formula is C25H25N5O2S2. The number of hydrogen-bond acceptors (Lipinski definition) is 7. The maximum Gasteiger partial charge on any atom is 0.230 e. The summed E-state index contributed by atoms with van der Waals surface area (Å²) in [7, 11) is 0. The second-order valence-electron chi connectivity index (χ2n) is 8.58. The molecule has 3 atom stereocenters. The van der Waals surface area contributed by atoms with Crippen LogP contribution >= 0.6 is 23.1 Å². The molecular weight excluding hydrogens is 466 g/mol. The van der Waals surface area contributed by atoms with Gasteiger partial charge in [-0.2, -0.15) is 0 Å². The Balaban J connectivity index is 1.08. The van der Waals surface area contributed by atoms with Crippen molar-refractivity contribution < 1.29 is 9.59 Å². The molecule has 2 N–H and O–H groups in total. The molecule has 174 valence electrons. The van der Waals surface area contributed by atoms with Crippen molar-refractivity contribution >= 4 is 45.2 Å². The van der Waals surface area contributed by atoms with Gasteiger partial charge in [0.25, 0.3) is 0 Å². The van der Waals surface area contributed by atoms with Crippen molar-refractivity contribution in [2.24, 2.45) is 10.9 Å². The topological polar surface area (TPSA) is 96.3 Å². The number of carbonyl (C=O) groups excluding carboxylic acids is 2. The first-order valence-corrected chi connectivity index (χ1v) is 13.1. The highest BCUT2D eigenvalue weighted by Gasteiger charge is 2.38. The second kappa shape index (κ2) is 10.5. The van der Waals surface area contributed by atoms with Crippen molar-refractivity contribution in [1.29, 1.82) is 0 Å². The van der Waals surface area contributed by atoms with Crippen LogP contribution in [-0.2, 0) is 22.4 Å². The van der Waals surface area contributed by atoms with Gasteiger partial charge in [-0.05, 0) is 36.3 Å². The largest absolute Gasteiger partial charge is 0.305 e. The molecule has 3 aromatic rings. The summed E-state index contributed by atoms with van der Waals surface area (Å²) >= 11 is 3.11. The zero-order valence-electron chi connectivity index (χ0n) is 18.5. The van der Waals surface area contributed by atoms with Crippen molar-refractivity contribution in [2.75, 3.05) is 5.32 Å². The van der Waals surface area contributed by atoms with Gasteiger partial charge in [-0.3, -0.25) is 9.59 Å². The summed E-state index contributed by atoms with van der Waals surface area (Å²) in [4.78, 5) is 29.2. The number of rotatable bonds is 7. The van der Waals surface area contributed by atoms with Gasteiger partial charge in [-0.1, -0.05) is 83.8 Å². The monoisotopic (exact) mass is 491 g/mol. The van der Waals surface area contributed by atoms with E-state index in [9.17, 15) is 9.59 Å². The third kappa shape index (κ3) is 5.71. The molecule has 3 unspecified atom stereocenters. The number of carbonyl (C=O) groups is 2. The zero-order chi connectivity index (χ0) is 23.3. The smallest absolute Gasteiger partial charge is 0.230 e. The van der Waals surface area contributed by atoms with E-state index in [1.807, 2.05) is 60.7 Å². The number of hydrogen-bond donors (Lipinski definition) is 2. The maximum absolute atomic E-state index is 12.3. The molecule has 1 saturated carbocycles. The molecule has 1 aliphatic heterocycles. The van der Waals surface area contributed by atoms with Crippen LogP contribution in [0.5, 0.6) is 0 Å². The fourth-order valence-corrected chi connectivity index (χ4v) is 6.26. The average molecular weight is 492 g/mol. The molecule has 1 fully saturated rings. The zero-order valence-corrected chi connectivity index (χ0v) is 20.1. The Kier molecular flexibility index (Phi) is 7.01. The molecule has 34 heavy (non-hydrogen) atoms. The quantitative estimate of drug-likeness (QED) is 0.511. The van der Waals surface area contributed by atoms with Gasteiger partial charge in [0.05, 0.1) is 12.8 Å². The normalized spacial score (nSPS) is 21.4. The minimum atomic E-state index is -0.0831. The highest BCUT2D eigenvalue weighted by atomic mass is 32.2. The fraction of sp³-hybridized carbons (Fsp3) is 0.320. The van der Waals surface area contributed by atoms with Gasteiger partial charge >= 0.3 is 0 Å². The van der Waals surface area contributed by atoms with Gasteiger partial charge in [0.15, 0.2) is 5.17 Å². The molecule has 7 nitrogen and oxygen atoms in total. The molecule has 2 amide bonds. The number of nitrogens with zero attached hydrogens (tertiary/aromatic N) is 3. The van der Waals surface area contributed by atoms with Crippen LogP contribution in [0.15, 0.2) is 65.7 Å². The first kappa shape index (κ1) is 22.7. The minimum Gasteiger partial charge on any atom is -0.305 e. The number of thioether (sulfide) groups is 1. The van der Waals surface area contributed by atoms with Crippen molar-refractivity contribution in [1.82, 2.24) is 15.5 Å². The third-order valence-electron chi connectivity index (χ3n) is 6.05. The number of aliphatic imine (C=N–C) groups is 1. The van der Waals surface area contributed by atoms with Gasteiger partial charge in [-0.15, -0.1) is 10.2 Å². The number of benzene rings is 2. The number of amides is 2. The van der Waals surface area contributed by atoms with Crippen LogP contribution in [0.4, 0.5) is 5.13 Å². The molecule has 5 rings (SSSR count). The molecule has 1 aromatic heterocycles. The van der Waals surface area contributed by atoms with E-state index < -0.39 is 0 Å². The number of anilines is 1. The molecule has 2 aliphatic rings. The Hall–Kier alpha value is -3.04. The first-order chi connectivity index (χ1) is 16.6. The fourth-order valence-electron chi connectivity index (χ4n) is 4.34. The van der Waals surface area contributed by atoms with E-state index in [0.717, 1.165) is 35.4 Å². The minimum absolute atomic E-state index is 0.0316. The van der Waals surface area contributed by atoms with Crippen molar-refractivity contribution in [2.45, 2.75) is 43.4 Å². The van der Waals surface area contributed by atoms with Gasteiger partial charge < -0.3 is 10.6 Å². The van der Waals surface area contributed by atoms with E-state index in [4.69, 9.17) is 0 Å². The molecule has 0 spiro atoms. The van der Waals surface area contributed by atoms with Crippen molar-refractivity contribution in [3.63, 3.8) is 0 Å². The Morgan fingerprint density at radius 2 is 1.47 bits per heavy atom. The Bertz CT molecular complexity index is 1180. The van der Waals surface area contributed by atoms with Crippen LogP contribution < -0.4 is 10.6 Å². The SMILES string of the molecule is O=C(Cc1ccccc1)NC1=NC(C2CCC(c3nnc(NC(=O)Cc4ccccc4)s3)C2)S1. The van der Waals surface area contributed by atoms with Gasteiger partial charge in [0.1, 0.15) is 10.4 Å². The van der Waals surface area contributed by atoms with Crippen molar-refractivity contribution in [3.05, 3.63) is 76.8 Å². The second-order valence-corrected chi connectivity index (χ2v) is 10.7. The van der Waals surface area contributed by atoms with Gasteiger partial charge in [-0.25, -0.2) is 4.99 Å². The molecule has 0 bridgehead atoms. The Morgan fingerprint density at radius 1 is 0.853 bits per heavy atom. The lowest BCUT2D eigenvalue weighted by molar-refractivity contribution is -0.119. The summed E-state index contributed by atoms with van der Waals surface area (Å²) in [6.45, 7) is 0. The van der Waals surface area contributed by atoms with E-state index in [1.54, 1.807) is 11.8 Å². The molecule has 2 heterocycles. The third-order valence-corrected chi connectivity index (χ3v) is 8.21. The Morgan fingerprint density at radius 3 is 2.12 bits per heavy atom. The van der Waals surface area contributed by atoms with E-state index in [-0.39, 0.29) is 17.2 Å². The molecule has 0 saturated heterocycles. The predicted octanol–water partition coefficient (Wildman–Crippen LogP) is 4.39. The number of aromatic nitrogens is 2. The standard InChI is InChI=1S/C25H25N5O2S2/c31-20(13-16-7-3-1-4-8-16)26-24-28-22(33-24)18-11-12-19(15-18)23-29-30-25(34-23)27-21(32)14-17-9-5-2-6-10-17/h1-10,18-19,22H,11-15H2,(H,26,28,31)(H,27,30,32). The summed E-state index contributed by atoms with van der Waals surface area (Å²) in [5.74, 6) is 0.690. The number of amidine groups is 1. The predicted molar refractivity (Wildman–Crippen MR) is 136 cm³/mol. The van der Waals surface area contributed by atoms with E-state index in [1.165, 1.54) is 11.3 Å². The van der Waals surface area contributed by atoms with E-state index in [2.05, 4.69) is 25.8 Å². The van der Waals surface area contributed by atoms with Gasteiger partial charge in [0.2, 0.25) is 16.9 Å². The van der Waals surface area contributed by atoms with Crippen LogP contribution in [0.1, 0.15) is 41.3 Å². The lowest BCUT2D eigenvalue weighted by Gasteiger charge is -2.28. The van der Waals surface area contributed by atoms with Crippen LogP contribution in [0.25, 0.3) is 0 Å². The van der Waals surface area contributed by atoms with Crippen LogP contribution in [-0.4, -0.2) is 32.6 Å². The van der Waals surface area contributed by atoms with Gasteiger partial charge in [0, 0.05) is 5.92 Å². The maximum atomic E-state index is 12.3. The summed E-state index contributed by atoms with van der Waals surface area (Å²) in [5, 5.41) is 16.7. The summed E-state index contributed by atoms with van der Waals surface area (Å²) < 4.78 is 0. The molecule has 2 aromatic carbocycles. The van der Waals surface area contributed by atoms with E-state index >= 15 is 0 Å².